The van der Waals surface area contributed by atoms with Crippen molar-refractivity contribution in [1.29, 1.82) is 0 Å². The van der Waals surface area contributed by atoms with E-state index in [1.165, 1.54) is 11.0 Å². The highest BCUT2D eigenvalue weighted by molar-refractivity contribution is 7.80. The smallest absolute Gasteiger partial charge is 0.414 e. The van der Waals surface area contributed by atoms with Crippen LogP contribution in [0.3, 0.4) is 0 Å². The van der Waals surface area contributed by atoms with Crippen LogP contribution in [0, 0.1) is 12.7 Å². The molecule has 1 saturated heterocycles. The van der Waals surface area contributed by atoms with E-state index < -0.39 is 18.0 Å². The minimum absolute atomic E-state index is 0.116. The van der Waals surface area contributed by atoms with Crippen molar-refractivity contribution in [1.82, 2.24) is 10.3 Å². The van der Waals surface area contributed by atoms with Gasteiger partial charge in [-0.1, -0.05) is 0 Å². The van der Waals surface area contributed by atoms with Gasteiger partial charge in [0.05, 0.1) is 48.3 Å². The van der Waals surface area contributed by atoms with Crippen molar-refractivity contribution in [2.24, 2.45) is 0 Å². The zero-order valence-electron chi connectivity index (χ0n) is 18.8. The number of rotatable bonds is 8. The van der Waals surface area contributed by atoms with Crippen molar-refractivity contribution in [2.75, 3.05) is 42.7 Å². The van der Waals surface area contributed by atoms with Gasteiger partial charge in [0.2, 0.25) is 0 Å². The molecule has 0 aliphatic carbocycles. The first-order valence-corrected chi connectivity index (χ1v) is 11.4. The normalized spacial score (nSPS) is 15.4. The van der Waals surface area contributed by atoms with Crippen LogP contribution in [0.5, 0.6) is 5.75 Å². The number of halogens is 1. The largest absolute Gasteiger partial charge is 0.497 e. The van der Waals surface area contributed by atoms with Crippen molar-refractivity contribution >= 4 is 46.9 Å². The zero-order chi connectivity index (χ0) is 24.2. The van der Waals surface area contributed by atoms with Crippen LogP contribution in [0.25, 0.3) is 10.9 Å². The number of nitrogens with one attached hydrogen (secondary N) is 2. The minimum atomic E-state index is -0.591. The number of hydrogen-bond acceptors (Lipinski definition) is 7. The number of carbonyl (C=O) groups is 2. The molecule has 0 saturated carbocycles. The van der Waals surface area contributed by atoms with Crippen LogP contribution in [0.2, 0.25) is 0 Å². The van der Waals surface area contributed by atoms with Gasteiger partial charge in [-0.25, -0.2) is 9.18 Å². The summed E-state index contributed by atoms with van der Waals surface area (Å²) in [7, 11) is 1.58. The van der Waals surface area contributed by atoms with Crippen molar-refractivity contribution in [3.05, 3.63) is 59.5 Å². The standard InChI is InChI=1S/C24H25FN4O4S/c1-14-19(9-15-3-5-17(32-2)11-22(15)28-14)23(30)27-12-18-13-29(24(31)33-18)16-4-6-21(20(25)10-16)26-7-8-34/h3-6,9-11,18,26,34H,7-8,12-13H2,1-2H3,(H,27,30)/t18-/m0/s1. The molecule has 3 aromatic rings. The maximum atomic E-state index is 14.3. The van der Waals surface area contributed by atoms with Gasteiger partial charge in [-0.05, 0) is 43.3 Å². The number of aromatic nitrogens is 1. The van der Waals surface area contributed by atoms with Crippen LogP contribution in [0.4, 0.5) is 20.6 Å². The topological polar surface area (TPSA) is 92.8 Å². The van der Waals surface area contributed by atoms with Crippen molar-refractivity contribution in [3.63, 3.8) is 0 Å². The van der Waals surface area contributed by atoms with E-state index in [4.69, 9.17) is 9.47 Å². The van der Waals surface area contributed by atoms with E-state index in [1.54, 1.807) is 38.3 Å². The molecule has 0 unspecified atom stereocenters. The minimum Gasteiger partial charge on any atom is -0.497 e. The van der Waals surface area contributed by atoms with Crippen LogP contribution in [0.15, 0.2) is 42.5 Å². The molecule has 34 heavy (non-hydrogen) atoms. The summed E-state index contributed by atoms with van der Waals surface area (Å²) in [5.41, 5.74) is 2.47. The zero-order valence-corrected chi connectivity index (χ0v) is 19.7. The van der Waals surface area contributed by atoms with Gasteiger partial charge >= 0.3 is 6.09 Å². The maximum absolute atomic E-state index is 14.3. The SMILES string of the molecule is COc1ccc2cc(C(=O)NC[C@H]3CN(c4ccc(NCCS)c(F)c4)C(=O)O3)c(C)nc2c1. The number of aryl methyl sites for hydroxylation is 1. The van der Waals surface area contributed by atoms with Crippen LogP contribution in [-0.4, -0.2) is 55.6 Å². The molecule has 4 rings (SSSR count). The Morgan fingerprint density at radius 2 is 2.12 bits per heavy atom. The average Bonchev–Trinajstić information content (AvgIpc) is 3.21. The monoisotopic (exact) mass is 484 g/mol. The number of carbonyl (C=O) groups excluding carboxylic acids is 2. The number of cyclic esters (lactones) is 1. The second kappa shape index (κ2) is 10.2. The Morgan fingerprint density at radius 3 is 2.85 bits per heavy atom. The number of ether oxygens (including phenoxy) is 2. The third-order valence-corrected chi connectivity index (χ3v) is 5.74. The molecule has 8 nitrogen and oxygen atoms in total. The molecule has 0 radical (unpaired) electrons. The van der Waals surface area contributed by atoms with Crippen LogP contribution < -0.4 is 20.3 Å². The van der Waals surface area contributed by atoms with E-state index >= 15 is 0 Å². The van der Waals surface area contributed by atoms with Gasteiger partial charge in [0.1, 0.15) is 17.7 Å². The number of pyridine rings is 1. The predicted molar refractivity (Wildman–Crippen MR) is 132 cm³/mol. The van der Waals surface area contributed by atoms with E-state index in [-0.39, 0.29) is 19.0 Å². The Morgan fingerprint density at radius 1 is 1.29 bits per heavy atom. The molecule has 10 heteroatoms. The first-order valence-electron chi connectivity index (χ1n) is 10.8. The lowest BCUT2D eigenvalue weighted by Gasteiger charge is -2.15. The fourth-order valence-corrected chi connectivity index (χ4v) is 3.86. The number of nitrogens with zero attached hydrogens (tertiary/aromatic N) is 2. The lowest BCUT2D eigenvalue weighted by atomic mass is 10.1. The highest BCUT2D eigenvalue weighted by Crippen LogP contribution is 2.26. The lowest BCUT2D eigenvalue weighted by molar-refractivity contribution is 0.0915. The van der Waals surface area contributed by atoms with Crippen LogP contribution in [-0.2, 0) is 4.74 Å². The summed E-state index contributed by atoms with van der Waals surface area (Å²) in [6, 6.07) is 11.7. The fraction of sp³-hybridized carbons (Fsp3) is 0.292. The molecule has 2 aromatic carbocycles. The third kappa shape index (κ3) is 5.01. The molecule has 0 spiro atoms. The third-order valence-electron chi connectivity index (χ3n) is 5.52. The van der Waals surface area contributed by atoms with Gasteiger partial charge < -0.3 is 20.1 Å². The van der Waals surface area contributed by atoms with Crippen LogP contribution >= 0.6 is 12.6 Å². The van der Waals surface area contributed by atoms with E-state index in [0.717, 1.165) is 10.9 Å². The number of fused-ring (bicyclic) bond motifs is 1. The summed E-state index contributed by atoms with van der Waals surface area (Å²) < 4.78 is 24.9. The number of hydrogen-bond donors (Lipinski definition) is 3. The Hall–Kier alpha value is -3.53. The highest BCUT2D eigenvalue weighted by Gasteiger charge is 2.33. The molecule has 1 aliphatic rings. The second-order valence-electron chi connectivity index (χ2n) is 7.82. The summed E-state index contributed by atoms with van der Waals surface area (Å²) >= 11 is 4.09. The molecule has 2 N–H and O–H groups in total. The summed E-state index contributed by atoms with van der Waals surface area (Å²) in [5, 5.41) is 6.54. The second-order valence-corrected chi connectivity index (χ2v) is 8.27. The first-order chi connectivity index (χ1) is 16.4. The number of methoxy groups -OCH3 is 1. The summed E-state index contributed by atoms with van der Waals surface area (Å²) in [4.78, 5) is 31.0. The Labute approximate surface area is 201 Å². The van der Waals surface area contributed by atoms with E-state index in [9.17, 15) is 14.0 Å². The molecule has 1 fully saturated rings. The van der Waals surface area contributed by atoms with Crippen molar-refractivity contribution in [2.45, 2.75) is 13.0 Å². The Balaban J connectivity index is 1.40. The van der Waals surface area contributed by atoms with Gasteiger partial charge in [0.25, 0.3) is 5.91 Å². The summed E-state index contributed by atoms with van der Waals surface area (Å²) in [6.07, 6.45) is -1.16. The molecule has 1 atom stereocenters. The van der Waals surface area contributed by atoms with E-state index in [2.05, 4.69) is 28.2 Å². The molecule has 178 valence electrons. The number of benzene rings is 2. The van der Waals surface area contributed by atoms with Gasteiger partial charge in [0.15, 0.2) is 0 Å². The fourth-order valence-electron chi connectivity index (χ4n) is 3.75. The Bertz CT molecular complexity index is 1240. The lowest BCUT2D eigenvalue weighted by Crippen LogP contribution is -2.35. The molecular formula is C24H25FN4O4S. The molecule has 1 aliphatic heterocycles. The molecule has 2 heterocycles. The molecule has 2 amide bonds. The summed E-state index contributed by atoms with van der Waals surface area (Å²) in [6.45, 7) is 2.59. The highest BCUT2D eigenvalue weighted by atomic mass is 32.1. The quantitative estimate of drug-likeness (QED) is 0.422. The van der Waals surface area contributed by atoms with Gasteiger partial charge in [-0.3, -0.25) is 14.7 Å². The average molecular weight is 485 g/mol. The number of anilines is 2. The number of amides is 2. The number of thiol groups is 1. The van der Waals surface area contributed by atoms with Crippen molar-refractivity contribution in [3.8, 4) is 5.75 Å². The maximum Gasteiger partial charge on any atom is 0.414 e. The van der Waals surface area contributed by atoms with E-state index in [0.29, 0.717) is 40.7 Å². The molecule has 0 bridgehead atoms. The molecule has 1 aromatic heterocycles. The Kier molecular flexibility index (Phi) is 7.06. The van der Waals surface area contributed by atoms with Gasteiger partial charge in [-0.2, -0.15) is 12.6 Å². The summed E-state index contributed by atoms with van der Waals surface area (Å²) in [5.74, 6) is 0.465. The van der Waals surface area contributed by atoms with Crippen LogP contribution in [0.1, 0.15) is 16.1 Å². The van der Waals surface area contributed by atoms with E-state index in [1.807, 2.05) is 12.1 Å². The van der Waals surface area contributed by atoms with Crippen molar-refractivity contribution < 1.29 is 23.5 Å². The molecular weight excluding hydrogens is 459 g/mol. The van der Waals surface area contributed by atoms with Gasteiger partial charge in [-0.15, -0.1) is 0 Å². The first kappa shape index (κ1) is 23.6. The predicted octanol–water partition coefficient (Wildman–Crippen LogP) is 3.79. The van der Waals surface area contributed by atoms with Gasteiger partial charge in [0, 0.05) is 23.8 Å².